The number of rotatable bonds is 11. The molecule has 1 aromatic heterocycles. The van der Waals surface area contributed by atoms with Crippen LogP contribution in [0.5, 0.6) is 5.75 Å². The molecule has 2 rings (SSSR count). The molecule has 0 fully saturated rings. The molecule has 0 aliphatic carbocycles. The van der Waals surface area contributed by atoms with Crippen molar-refractivity contribution in [3.05, 3.63) is 42.4 Å². The molecule has 0 bridgehead atoms. The van der Waals surface area contributed by atoms with Crippen molar-refractivity contribution in [2.24, 2.45) is 0 Å². The number of benzene rings is 1. The summed E-state index contributed by atoms with van der Waals surface area (Å²) in [4.78, 5) is 8.29. The van der Waals surface area contributed by atoms with Gasteiger partial charge in [-0.25, -0.2) is 4.98 Å². The van der Waals surface area contributed by atoms with Crippen LogP contribution in [0.25, 0.3) is 11.3 Å². The molecule has 0 amide bonds. The van der Waals surface area contributed by atoms with Crippen molar-refractivity contribution in [3.8, 4) is 23.1 Å². The number of ether oxygens (including phenoxy) is 1. The van der Waals surface area contributed by atoms with Gasteiger partial charge in [-0.15, -0.1) is 0 Å². The zero-order chi connectivity index (χ0) is 17.7. The van der Waals surface area contributed by atoms with Crippen molar-refractivity contribution in [3.63, 3.8) is 0 Å². The molecule has 132 valence electrons. The monoisotopic (exact) mass is 337 g/mol. The van der Waals surface area contributed by atoms with Gasteiger partial charge in [0.05, 0.1) is 24.7 Å². The minimum absolute atomic E-state index is 0.328. The van der Waals surface area contributed by atoms with Gasteiger partial charge in [-0.05, 0) is 30.7 Å². The van der Waals surface area contributed by atoms with Crippen LogP contribution in [-0.4, -0.2) is 16.6 Å². The van der Waals surface area contributed by atoms with Crippen LogP contribution in [0.1, 0.15) is 64.0 Å². The van der Waals surface area contributed by atoms with E-state index >= 15 is 0 Å². The summed E-state index contributed by atoms with van der Waals surface area (Å²) < 4.78 is 5.80. The number of hydrogen-bond donors (Lipinski definition) is 0. The third kappa shape index (κ3) is 6.93. The van der Waals surface area contributed by atoms with Gasteiger partial charge in [-0.3, -0.25) is 4.98 Å². The highest BCUT2D eigenvalue weighted by atomic mass is 16.5. The van der Waals surface area contributed by atoms with E-state index in [-0.39, 0.29) is 0 Å². The van der Waals surface area contributed by atoms with Gasteiger partial charge in [0, 0.05) is 5.56 Å². The number of unbranched alkanes of at least 4 members (excludes halogenated alkanes) is 7. The minimum Gasteiger partial charge on any atom is -0.494 e. The Morgan fingerprint density at radius 1 is 0.880 bits per heavy atom. The number of nitriles is 1. The first kappa shape index (κ1) is 18.9. The third-order valence-electron chi connectivity index (χ3n) is 4.18. The molecule has 1 aromatic carbocycles. The van der Waals surface area contributed by atoms with Crippen LogP contribution < -0.4 is 4.74 Å². The standard InChI is InChI=1S/C21H27N3O/c1-2-3-4-5-6-7-8-9-14-25-20-12-10-18(11-13-20)21-17-23-19(15-22)16-24-21/h10-13,16-17H,2-9,14H2,1H3. The second-order valence-corrected chi connectivity index (χ2v) is 6.25. The average molecular weight is 337 g/mol. The molecule has 2 aromatic rings. The molecule has 4 nitrogen and oxygen atoms in total. The summed E-state index contributed by atoms with van der Waals surface area (Å²) in [6.45, 7) is 3.02. The molecule has 0 aliphatic rings. The highest BCUT2D eigenvalue weighted by Crippen LogP contribution is 2.20. The van der Waals surface area contributed by atoms with Crippen molar-refractivity contribution in [2.45, 2.75) is 58.3 Å². The number of nitrogens with zero attached hydrogens (tertiary/aromatic N) is 3. The first-order valence-corrected chi connectivity index (χ1v) is 9.29. The fraction of sp³-hybridized carbons (Fsp3) is 0.476. The van der Waals surface area contributed by atoms with Crippen molar-refractivity contribution in [1.29, 1.82) is 5.26 Å². The van der Waals surface area contributed by atoms with Crippen LogP contribution in [0.2, 0.25) is 0 Å². The summed E-state index contributed by atoms with van der Waals surface area (Å²) >= 11 is 0. The van der Waals surface area contributed by atoms with Crippen LogP contribution >= 0.6 is 0 Å². The van der Waals surface area contributed by atoms with Crippen molar-refractivity contribution in [1.82, 2.24) is 9.97 Å². The van der Waals surface area contributed by atoms with E-state index in [4.69, 9.17) is 10.00 Å². The van der Waals surface area contributed by atoms with Gasteiger partial charge in [0.2, 0.25) is 0 Å². The molecule has 0 saturated heterocycles. The van der Waals surface area contributed by atoms with Gasteiger partial charge in [-0.2, -0.15) is 5.26 Å². The molecule has 0 aliphatic heterocycles. The molecule has 4 heteroatoms. The van der Waals surface area contributed by atoms with Crippen LogP contribution in [0.15, 0.2) is 36.7 Å². The topological polar surface area (TPSA) is 58.8 Å². The highest BCUT2D eigenvalue weighted by Gasteiger charge is 2.02. The largest absolute Gasteiger partial charge is 0.494 e. The summed E-state index contributed by atoms with van der Waals surface area (Å²) in [5.41, 5.74) is 2.05. The van der Waals surface area contributed by atoms with E-state index in [1.807, 2.05) is 30.3 Å². The Morgan fingerprint density at radius 2 is 1.56 bits per heavy atom. The summed E-state index contributed by atoms with van der Waals surface area (Å²) in [5, 5.41) is 8.75. The highest BCUT2D eigenvalue weighted by molar-refractivity contribution is 5.59. The van der Waals surface area contributed by atoms with Gasteiger partial charge < -0.3 is 4.74 Å². The number of hydrogen-bond acceptors (Lipinski definition) is 4. The van der Waals surface area contributed by atoms with Gasteiger partial charge in [0.25, 0.3) is 0 Å². The maximum Gasteiger partial charge on any atom is 0.158 e. The van der Waals surface area contributed by atoms with Gasteiger partial charge in [0.15, 0.2) is 5.69 Å². The van der Waals surface area contributed by atoms with Gasteiger partial charge in [0.1, 0.15) is 11.8 Å². The summed E-state index contributed by atoms with van der Waals surface area (Å²) in [5.74, 6) is 0.883. The fourth-order valence-electron chi connectivity index (χ4n) is 2.68. The Morgan fingerprint density at radius 3 is 2.16 bits per heavy atom. The second-order valence-electron chi connectivity index (χ2n) is 6.25. The molecule has 0 saturated carbocycles. The molecule has 0 N–H and O–H groups in total. The lowest BCUT2D eigenvalue weighted by Crippen LogP contribution is -1.97. The first-order chi connectivity index (χ1) is 12.3. The van der Waals surface area contributed by atoms with E-state index < -0.39 is 0 Å². The van der Waals surface area contributed by atoms with Crippen LogP contribution in [0.4, 0.5) is 0 Å². The zero-order valence-corrected chi connectivity index (χ0v) is 15.1. The van der Waals surface area contributed by atoms with Crippen molar-refractivity contribution < 1.29 is 4.74 Å². The Balaban J connectivity index is 1.66. The van der Waals surface area contributed by atoms with E-state index in [0.717, 1.165) is 30.0 Å². The van der Waals surface area contributed by atoms with Crippen molar-refractivity contribution in [2.75, 3.05) is 6.61 Å². The number of aromatic nitrogens is 2. The minimum atomic E-state index is 0.328. The Hall–Kier alpha value is -2.41. The predicted octanol–water partition coefficient (Wildman–Crippen LogP) is 5.53. The summed E-state index contributed by atoms with van der Waals surface area (Å²) in [7, 11) is 0. The molecule has 0 radical (unpaired) electrons. The summed E-state index contributed by atoms with van der Waals surface area (Å²) in [6.07, 6.45) is 13.5. The molecular formula is C21H27N3O. The lowest BCUT2D eigenvalue weighted by molar-refractivity contribution is 0.304. The lowest BCUT2D eigenvalue weighted by atomic mass is 10.1. The van der Waals surface area contributed by atoms with Gasteiger partial charge in [-0.1, -0.05) is 51.9 Å². The van der Waals surface area contributed by atoms with Crippen molar-refractivity contribution >= 4 is 0 Å². The van der Waals surface area contributed by atoms with E-state index in [0.29, 0.717) is 5.69 Å². The Bertz CT molecular complexity index is 644. The van der Waals surface area contributed by atoms with E-state index in [1.165, 1.54) is 51.1 Å². The maximum absolute atomic E-state index is 8.75. The van der Waals surface area contributed by atoms with E-state index in [1.54, 1.807) is 6.20 Å². The first-order valence-electron chi connectivity index (χ1n) is 9.29. The fourth-order valence-corrected chi connectivity index (χ4v) is 2.68. The molecular weight excluding hydrogens is 310 g/mol. The quantitative estimate of drug-likeness (QED) is 0.505. The molecule has 1 heterocycles. The second kappa shape index (κ2) is 11.2. The van der Waals surface area contributed by atoms with E-state index in [9.17, 15) is 0 Å². The Kier molecular flexibility index (Phi) is 8.48. The zero-order valence-electron chi connectivity index (χ0n) is 15.1. The molecule has 0 unspecified atom stereocenters. The maximum atomic E-state index is 8.75. The van der Waals surface area contributed by atoms with Crippen LogP contribution in [-0.2, 0) is 0 Å². The van der Waals surface area contributed by atoms with Crippen LogP contribution in [0.3, 0.4) is 0 Å². The molecule has 0 spiro atoms. The molecule has 25 heavy (non-hydrogen) atoms. The predicted molar refractivity (Wildman–Crippen MR) is 100 cm³/mol. The summed E-state index contributed by atoms with van der Waals surface area (Å²) in [6, 6.07) is 9.83. The smallest absolute Gasteiger partial charge is 0.158 e. The average Bonchev–Trinajstić information content (AvgIpc) is 2.67. The lowest BCUT2D eigenvalue weighted by Gasteiger charge is -2.07. The third-order valence-corrected chi connectivity index (χ3v) is 4.18. The normalized spacial score (nSPS) is 10.4. The van der Waals surface area contributed by atoms with E-state index in [2.05, 4.69) is 16.9 Å². The Labute approximate surface area is 150 Å². The van der Waals surface area contributed by atoms with Crippen LogP contribution in [0, 0.1) is 11.3 Å². The van der Waals surface area contributed by atoms with Gasteiger partial charge >= 0.3 is 0 Å². The molecule has 0 atom stereocenters. The SMILES string of the molecule is CCCCCCCCCCOc1ccc(-c2cnc(C#N)cn2)cc1.